The first-order valence-electron chi connectivity index (χ1n) is 7.42. The summed E-state index contributed by atoms with van der Waals surface area (Å²) in [5.74, 6) is 0.297. The van der Waals surface area contributed by atoms with Crippen molar-refractivity contribution in [1.82, 2.24) is 4.98 Å². The van der Waals surface area contributed by atoms with Gasteiger partial charge in [-0.25, -0.2) is 0 Å². The lowest BCUT2D eigenvalue weighted by molar-refractivity contribution is -0.118. The number of pyridine rings is 1. The van der Waals surface area contributed by atoms with E-state index < -0.39 is 0 Å². The van der Waals surface area contributed by atoms with Crippen molar-refractivity contribution in [2.75, 3.05) is 5.32 Å². The predicted molar refractivity (Wildman–Crippen MR) is 84.1 cm³/mol. The predicted octanol–water partition coefficient (Wildman–Crippen LogP) is 3.85. The van der Waals surface area contributed by atoms with E-state index in [1.165, 1.54) is 5.56 Å². The number of allylic oxidation sites excluding steroid dienone is 2. The maximum Gasteiger partial charge on any atom is 0.161 e. The molecule has 3 heteroatoms. The van der Waals surface area contributed by atoms with Gasteiger partial charge in [0.15, 0.2) is 5.78 Å². The number of carbonyl (C=O) groups excluding carboxylic acids is 1. The Bertz CT molecular complexity index is 802. The number of anilines is 1. The number of Topliss-reactive ketones (excluding diaryl/α,β-unsaturated/α-hetero) is 1. The number of benzene rings is 1. The van der Waals surface area contributed by atoms with Gasteiger partial charge in [0, 0.05) is 35.7 Å². The van der Waals surface area contributed by atoms with Gasteiger partial charge in [-0.1, -0.05) is 19.9 Å². The van der Waals surface area contributed by atoms with Crippen molar-refractivity contribution in [2.45, 2.75) is 33.1 Å². The Morgan fingerprint density at radius 1 is 1.19 bits per heavy atom. The third kappa shape index (κ3) is 1.96. The Kier molecular flexibility index (Phi) is 2.49. The molecule has 1 N–H and O–H groups in total. The highest BCUT2D eigenvalue weighted by Crippen LogP contribution is 2.43. The number of hydrogen-bond donors (Lipinski definition) is 1. The van der Waals surface area contributed by atoms with Gasteiger partial charge in [0.2, 0.25) is 0 Å². The number of hydrogen-bond acceptors (Lipinski definition) is 3. The minimum atomic E-state index is 0.0449. The van der Waals surface area contributed by atoms with E-state index in [-0.39, 0.29) is 5.41 Å². The summed E-state index contributed by atoms with van der Waals surface area (Å²) in [5.41, 5.74) is 5.45. The third-order valence-corrected chi connectivity index (χ3v) is 4.51. The summed E-state index contributed by atoms with van der Waals surface area (Å²) in [6.45, 7) is 4.33. The van der Waals surface area contributed by atoms with E-state index in [1.807, 2.05) is 18.3 Å². The molecular formula is C18H18N2O. The lowest BCUT2D eigenvalue weighted by Gasteiger charge is -2.36. The van der Waals surface area contributed by atoms with Crippen LogP contribution in [-0.4, -0.2) is 10.8 Å². The van der Waals surface area contributed by atoms with E-state index in [1.54, 1.807) is 0 Å². The lowest BCUT2D eigenvalue weighted by atomic mass is 9.73. The molecule has 2 aliphatic rings. The van der Waals surface area contributed by atoms with Gasteiger partial charge in [0.25, 0.3) is 0 Å². The van der Waals surface area contributed by atoms with Crippen molar-refractivity contribution in [3.8, 4) is 0 Å². The molecule has 1 aromatic carbocycles. The molecule has 0 saturated heterocycles. The van der Waals surface area contributed by atoms with Crippen LogP contribution in [0.1, 0.15) is 32.3 Å². The highest BCUT2D eigenvalue weighted by Gasteiger charge is 2.35. The van der Waals surface area contributed by atoms with E-state index >= 15 is 0 Å². The van der Waals surface area contributed by atoms with Crippen LogP contribution in [0.4, 0.5) is 5.69 Å². The first-order chi connectivity index (χ1) is 10.0. The molecule has 0 radical (unpaired) electrons. The summed E-state index contributed by atoms with van der Waals surface area (Å²) in [7, 11) is 0. The molecule has 1 aliphatic heterocycles. The van der Waals surface area contributed by atoms with Crippen LogP contribution >= 0.6 is 0 Å². The minimum absolute atomic E-state index is 0.0449. The molecule has 106 valence electrons. The van der Waals surface area contributed by atoms with E-state index in [9.17, 15) is 4.79 Å². The van der Waals surface area contributed by atoms with Crippen LogP contribution in [0.25, 0.3) is 10.9 Å². The van der Waals surface area contributed by atoms with Crippen LogP contribution in [0.3, 0.4) is 0 Å². The Labute approximate surface area is 124 Å². The molecule has 1 aromatic heterocycles. The molecule has 0 atom stereocenters. The number of rotatable bonds is 0. The fourth-order valence-corrected chi connectivity index (χ4v) is 3.52. The molecule has 0 fully saturated rings. The number of ketones is 1. The van der Waals surface area contributed by atoms with Crippen molar-refractivity contribution in [1.29, 1.82) is 0 Å². The van der Waals surface area contributed by atoms with Crippen molar-refractivity contribution < 1.29 is 4.79 Å². The van der Waals surface area contributed by atoms with Crippen molar-refractivity contribution >= 4 is 22.4 Å². The highest BCUT2D eigenvalue weighted by molar-refractivity contribution is 6.02. The Morgan fingerprint density at radius 2 is 2.05 bits per heavy atom. The fourth-order valence-electron chi connectivity index (χ4n) is 3.52. The van der Waals surface area contributed by atoms with Crippen LogP contribution in [0.15, 0.2) is 41.7 Å². The zero-order valence-corrected chi connectivity index (χ0v) is 12.4. The van der Waals surface area contributed by atoms with Crippen LogP contribution in [0.2, 0.25) is 0 Å². The maximum atomic E-state index is 12.4. The lowest BCUT2D eigenvalue weighted by Crippen LogP contribution is -2.31. The van der Waals surface area contributed by atoms with E-state index in [0.29, 0.717) is 12.2 Å². The molecule has 3 nitrogen and oxygen atoms in total. The first kappa shape index (κ1) is 12.6. The molecular weight excluding hydrogens is 260 g/mol. The zero-order chi connectivity index (χ0) is 14.6. The van der Waals surface area contributed by atoms with Gasteiger partial charge in [0.1, 0.15) is 0 Å². The van der Waals surface area contributed by atoms with Gasteiger partial charge >= 0.3 is 0 Å². The van der Waals surface area contributed by atoms with Gasteiger partial charge in [0.05, 0.1) is 11.2 Å². The molecule has 0 spiro atoms. The topological polar surface area (TPSA) is 42.0 Å². The van der Waals surface area contributed by atoms with Crippen LogP contribution in [0.5, 0.6) is 0 Å². The largest absolute Gasteiger partial charge is 0.358 e. The van der Waals surface area contributed by atoms with Crippen molar-refractivity contribution in [3.63, 3.8) is 0 Å². The molecule has 2 heterocycles. The van der Waals surface area contributed by atoms with Gasteiger partial charge < -0.3 is 5.32 Å². The first-order valence-corrected chi connectivity index (χ1v) is 7.42. The average molecular weight is 278 g/mol. The number of carbonyl (C=O) groups is 1. The van der Waals surface area contributed by atoms with Crippen LogP contribution in [-0.2, 0) is 11.2 Å². The molecule has 0 saturated carbocycles. The molecule has 2 aromatic rings. The summed E-state index contributed by atoms with van der Waals surface area (Å²) in [5, 5.41) is 4.68. The molecule has 1 aliphatic carbocycles. The number of fused-ring (bicyclic) bond motifs is 3. The number of nitrogens with one attached hydrogen (secondary N) is 1. The quantitative estimate of drug-likeness (QED) is 0.796. The molecule has 4 rings (SSSR count). The summed E-state index contributed by atoms with van der Waals surface area (Å²) < 4.78 is 0. The monoisotopic (exact) mass is 278 g/mol. The van der Waals surface area contributed by atoms with Gasteiger partial charge in [-0.05, 0) is 35.6 Å². The van der Waals surface area contributed by atoms with Crippen molar-refractivity contribution in [3.05, 3.63) is 47.3 Å². The average Bonchev–Trinajstić information content (AvgIpc) is 2.44. The highest BCUT2D eigenvalue weighted by atomic mass is 16.1. The van der Waals surface area contributed by atoms with Gasteiger partial charge in [-0.2, -0.15) is 0 Å². The Morgan fingerprint density at radius 3 is 2.90 bits per heavy atom. The minimum Gasteiger partial charge on any atom is -0.358 e. The normalized spacial score (nSPS) is 20.0. The SMILES string of the molecule is CC1(C)CC(=O)C2=C(C1)Nc1c(ccc3ncccc13)C2. The van der Waals surface area contributed by atoms with Crippen molar-refractivity contribution in [2.24, 2.45) is 5.41 Å². The Balaban J connectivity index is 1.86. The summed E-state index contributed by atoms with van der Waals surface area (Å²) in [4.78, 5) is 16.8. The molecule has 0 bridgehead atoms. The second-order valence-electron chi connectivity index (χ2n) is 6.87. The van der Waals surface area contributed by atoms with Gasteiger partial charge in [-0.3, -0.25) is 9.78 Å². The van der Waals surface area contributed by atoms with E-state index in [2.05, 4.69) is 36.3 Å². The van der Waals surface area contributed by atoms with Gasteiger partial charge in [-0.15, -0.1) is 0 Å². The fraction of sp³-hybridized carbons (Fsp3) is 0.333. The second kappa shape index (κ2) is 4.17. The summed E-state index contributed by atoms with van der Waals surface area (Å²) in [6.07, 6.45) is 4.15. The Hall–Kier alpha value is -2.16. The van der Waals surface area contributed by atoms with Crippen LogP contribution in [0, 0.1) is 5.41 Å². The second-order valence-corrected chi connectivity index (χ2v) is 6.87. The number of nitrogens with zero attached hydrogens (tertiary/aromatic N) is 1. The zero-order valence-electron chi connectivity index (χ0n) is 12.4. The number of aromatic nitrogens is 1. The van der Waals surface area contributed by atoms with E-state index in [0.717, 1.165) is 40.7 Å². The summed E-state index contributed by atoms with van der Waals surface area (Å²) >= 11 is 0. The van der Waals surface area contributed by atoms with Crippen LogP contribution < -0.4 is 5.32 Å². The standard InChI is InChI=1S/C18H18N2O/c1-18(2)9-15-13(16(21)10-18)8-11-5-6-14-12(17(11)20-15)4-3-7-19-14/h3-7,20H,8-10H2,1-2H3. The third-order valence-electron chi connectivity index (χ3n) is 4.51. The molecule has 0 unspecified atom stereocenters. The molecule has 21 heavy (non-hydrogen) atoms. The molecule has 0 amide bonds. The maximum absolute atomic E-state index is 12.4. The smallest absolute Gasteiger partial charge is 0.161 e. The summed E-state index contributed by atoms with van der Waals surface area (Å²) in [6, 6.07) is 8.19. The van der Waals surface area contributed by atoms with E-state index in [4.69, 9.17) is 0 Å².